The maximum Gasteiger partial charge on any atom is 0.0720 e. The van der Waals surface area contributed by atoms with Crippen LogP contribution in [0.15, 0.2) is 30.8 Å². The van der Waals surface area contributed by atoms with Crippen LogP contribution in [0.2, 0.25) is 5.02 Å². The molecule has 1 nitrogen and oxygen atoms in total. The molecule has 0 aliphatic rings. The van der Waals surface area contributed by atoms with Gasteiger partial charge in [0.05, 0.1) is 10.7 Å². The molecule has 0 amide bonds. The summed E-state index contributed by atoms with van der Waals surface area (Å²) in [6, 6.07) is 7.96. The van der Waals surface area contributed by atoms with E-state index in [9.17, 15) is 0 Å². The number of fused-ring (bicyclic) bond motifs is 1. The van der Waals surface area contributed by atoms with Gasteiger partial charge in [0, 0.05) is 11.1 Å². The van der Waals surface area contributed by atoms with Gasteiger partial charge in [0.15, 0.2) is 0 Å². The molecule has 1 heterocycles. The van der Waals surface area contributed by atoms with E-state index < -0.39 is 0 Å². The summed E-state index contributed by atoms with van der Waals surface area (Å²) < 4.78 is 0. The molecule has 0 fully saturated rings. The summed E-state index contributed by atoms with van der Waals surface area (Å²) in [4.78, 5) is 4.50. The van der Waals surface area contributed by atoms with Crippen molar-refractivity contribution in [2.75, 3.05) is 0 Å². The average molecular weight is 218 g/mol. The van der Waals surface area contributed by atoms with Gasteiger partial charge in [0.1, 0.15) is 0 Å². The van der Waals surface area contributed by atoms with Gasteiger partial charge in [-0.05, 0) is 30.0 Å². The Morgan fingerprint density at radius 2 is 2.27 bits per heavy atom. The van der Waals surface area contributed by atoms with Gasteiger partial charge in [-0.25, -0.2) is 0 Å². The van der Waals surface area contributed by atoms with Crippen molar-refractivity contribution >= 4 is 28.4 Å². The minimum Gasteiger partial charge on any atom is -0.253 e. The van der Waals surface area contributed by atoms with Crippen molar-refractivity contribution in [2.45, 2.75) is 13.3 Å². The Morgan fingerprint density at radius 3 is 2.93 bits per heavy atom. The minimum atomic E-state index is 0.734. The molecule has 1 aromatic carbocycles. The summed E-state index contributed by atoms with van der Waals surface area (Å²) in [6.45, 7) is 5.87. The van der Waals surface area contributed by atoms with Crippen molar-refractivity contribution in [3.63, 3.8) is 0 Å². The van der Waals surface area contributed by atoms with Gasteiger partial charge >= 0.3 is 0 Å². The molecule has 0 N–H and O–H groups in total. The number of nitrogens with zero attached hydrogens (tertiary/aromatic N) is 1. The molecule has 0 aliphatic heterocycles. The van der Waals surface area contributed by atoms with Crippen molar-refractivity contribution in [3.8, 4) is 0 Å². The third kappa shape index (κ3) is 1.75. The Hall–Kier alpha value is -1.34. The van der Waals surface area contributed by atoms with E-state index in [1.165, 1.54) is 0 Å². The molecule has 0 atom stereocenters. The SMILES string of the molecule is C=Cc1nc(CC)cc2cccc(Cl)c12. The molecule has 0 bridgehead atoms. The summed E-state index contributed by atoms with van der Waals surface area (Å²) in [5.41, 5.74) is 1.94. The first-order valence-corrected chi connectivity index (χ1v) is 5.34. The highest BCUT2D eigenvalue weighted by molar-refractivity contribution is 6.36. The van der Waals surface area contributed by atoms with Gasteiger partial charge in [-0.3, -0.25) is 4.98 Å². The molecule has 1 aromatic heterocycles. The monoisotopic (exact) mass is 217 g/mol. The number of hydrogen-bond acceptors (Lipinski definition) is 1. The van der Waals surface area contributed by atoms with Crippen molar-refractivity contribution < 1.29 is 0 Å². The highest BCUT2D eigenvalue weighted by Crippen LogP contribution is 2.27. The Balaban J connectivity index is 2.86. The number of benzene rings is 1. The van der Waals surface area contributed by atoms with Crippen LogP contribution in [-0.4, -0.2) is 4.98 Å². The first kappa shape index (κ1) is 10.2. The van der Waals surface area contributed by atoms with E-state index in [0.29, 0.717) is 0 Å². The molecule has 0 unspecified atom stereocenters. The summed E-state index contributed by atoms with van der Waals surface area (Å²) >= 11 is 6.15. The predicted octanol–water partition coefficient (Wildman–Crippen LogP) is 4.09. The van der Waals surface area contributed by atoms with E-state index in [1.807, 2.05) is 12.1 Å². The van der Waals surface area contributed by atoms with Crippen LogP contribution < -0.4 is 0 Å². The van der Waals surface area contributed by atoms with E-state index in [-0.39, 0.29) is 0 Å². The van der Waals surface area contributed by atoms with Gasteiger partial charge in [-0.15, -0.1) is 0 Å². The summed E-state index contributed by atoms with van der Waals surface area (Å²) in [5, 5.41) is 2.85. The largest absolute Gasteiger partial charge is 0.253 e. The van der Waals surface area contributed by atoms with Crippen LogP contribution in [0, 0.1) is 0 Å². The van der Waals surface area contributed by atoms with Gasteiger partial charge in [0.2, 0.25) is 0 Å². The van der Waals surface area contributed by atoms with Crippen LogP contribution in [0.5, 0.6) is 0 Å². The molecule has 2 rings (SSSR count). The number of pyridine rings is 1. The highest BCUT2D eigenvalue weighted by atomic mass is 35.5. The molecule has 0 saturated heterocycles. The fourth-order valence-corrected chi connectivity index (χ4v) is 1.96. The van der Waals surface area contributed by atoms with Gasteiger partial charge in [-0.2, -0.15) is 0 Å². The van der Waals surface area contributed by atoms with Crippen molar-refractivity contribution in [1.29, 1.82) is 0 Å². The smallest absolute Gasteiger partial charge is 0.0720 e. The lowest BCUT2D eigenvalue weighted by atomic mass is 10.1. The lowest BCUT2D eigenvalue weighted by molar-refractivity contribution is 1.04. The zero-order valence-electron chi connectivity index (χ0n) is 8.63. The summed E-state index contributed by atoms with van der Waals surface area (Å²) in [7, 11) is 0. The second-order valence-electron chi connectivity index (χ2n) is 3.39. The standard InChI is InChI=1S/C13H12ClN/c1-3-10-8-9-6-5-7-11(14)13(9)12(4-2)15-10/h4-8H,2-3H2,1H3. The topological polar surface area (TPSA) is 12.9 Å². The van der Waals surface area contributed by atoms with Crippen LogP contribution in [-0.2, 0) is 6.42 Å². The Kier molecular flexibility index (Phi) is 2.74. The number of halogens is 1. The molecule has 15 heavy (non-hydrogen) atoms. The number of aryl methyl sites for hydroxylation is 1. The molecule has 2 aromatic rings. The first-order chi connectivity index (χ1) is 7.26. The van der Waals surface area contributed by atoms with E-state index >= 15 is 0 Å². The molecule has 0 aliphatic carbocycles. The van der Waals surface area contributed by atoms with Gasteiger partial charge < -0.3 is 0 Å². The quantitative estimate of drug-likeness (QED) is 0.738. The average Bonchev–Trinajstić information content (AvgIpc) is 2.27. The number of hydrogen-bond donors (Lipinski definition) is 0. The normalized spacial score (nSPS) is 10.5. The van der Waals surface area contributed by atoms with Crippen LogP contribution >= 0.6 is 11.6 Å². The Bertz CT molecular complexity index is 517. The third-order valence-corrected chi connectivity index (χ3v) is 2.76. The van der Waals surface area contributed by atoms with E-state index in [0.717, 1.165) is 33.6 Å². The zero-order valence-corrected chi connectivity index (χ0v) is 9.38. The third-order valence-electron chi connectivity index (χ3n) is 2.44. The lowest BCUT2D eigenvalue weighted by Gasteiger charge is -2.06. The minimum absolute atomic E-state index is 0.734. The van der Waals surface area contributed by atoms with Gasteiger partial charge in [-0.1, -0.05) is 37.2 Å². The molecule has 0 radical (unpaired) electrons. The molecular formula is C13H12ClN. The second kappa shape index (κ2) is 4.03. The maximum absolute atomic E-state index is 6.15. The molecular weight excluding hydrogens is 206 g/mol. The van der Waals surface area contributed by atoms with Crippen molar-refractivity contribution in [3.05, 3.63) is 47.3 Å². The van der Waals surface area contributed by atoms with Crippen molar-refractivity contribution in [1.82, 2.24) is 4.98 Å². The second-order valence-corrected chi connectivity index (χ2v) is 3.80. The molecule has 76 valence electrons. The predicted molar refractivity (Wildman–Crippen MR) is 66.2 cm³/mol. The maximum atomic E-state index is 6.15. The summed E-state index contributed by atoms with van der Waals surface area (Å²) in [6.07, 6.45) is 2.68. The fraction of sp³-hybridized carbons (Fsp3) is 0.154. The molecule has 0 spiro atoms. The van der Waals surface area contributed by atoms with E-state index in [2.05, 4.69) is 30.6 Å². The van der Waals surface area contributed by atoms with Crippen LogP contribution in [0.3, 0.4) is 0 Å². The van der Waals surface area contributed by atoms with E-state index in [4.69, 9.17) is 11.6 Å². The van der Waals surface area contributed by atoms with Crippen molar-refractivity contribution in [2.24, 2.45) is 0 Å². The molecule has 2 heteroatoms. The van der Waals surface area contributed by atoms with E-state index in [1.54, 1.807) is 6.08 Å². The summed E-state index contributed by atoms with van der Waals surface area (Å²) in [5.74, 6) is 0. The fourth-order valence-electron chi connectivity index (χ4n) is 1.68. The number of rotatable bonds is 2. The first-order valence-electron chi connectivity index (χ1n) is 4.97. The zero-order chi connectivity index (χ0) is 10.8. The Morgan fingerprint density at radius 1 is 1.47 bits per heavy atom. The van der Waals surface area contributed by atoms with Gasteiger partial charge in [0.25, 0.3) is 0 Å². The molecule has 0 saturated carbocycles. The Labute approximate surface area is 94.4 Å². The highest BCUT2D eigenvalue weighted by Gasteiger charge is 2.05. The van der Waals surface area contributed by atoms with Crippen LogP contribution in [0.1, 0.15) is 18.3 Å². The van der Waals surface area contributed by atoms with Crippen LogP contribution in [0.25, 0.3) is 16.8 Å². The lowest BCUT2D eigenvalue weighted by Crippen LogP contribution is -1.92. The number of aromatic nitrogens is 1. The van der Waals surface area contributed by atoms with Crippen LogP contribution in [0.4, 0.5) is 0 Å².